The Labute approximate surface area is 110 Å². The molecule has 1 rings (SSSR count). The standard InChI is InChI=1S/C15H23NO2/c1-4-16-14(15(17)18-5-2)11-12(3)13-9-7-6-8-10-13/h6-10,12,14,16H,4-5,11H2,1-3H3. The minimum Gasteiger partial charge on any atom is -0.465 e. The maximum absolute atomic E-state index is 11.8. The minimum absolute atomic E-state index is 0.151. The summed E-state index contributed by atoms with van der Waals surface area (Å²) in [5, 5.41) is 3.19. The van der Waals surface area contributed by atoms with Crippen LogP contribution in [0.1, 0.15) is 38.7 Å². The molecule has 0 amide bonds. The van der Waals surface area contributed by atoms with Crippen molar-refractivity contribution in [2.75, 3.05) is 13.2 Å². The Morgan fingerprint density at radius 1 is 1.28 bits per heavy atom. The van der Waals surface area contributed by atoms with Gasteiger partial charge in [0.25, 0.3) is 0 Å². The molecule has 0 saturated heterocycles. The van der Waals surface area contributed by atoms with E-state index in [1.54, 1.807) is 0 Å². The van der Waals surface area contributed by atoms with Gasteiger partial charge in [-0.15, -0.1) is 0 Å². The highest BCUT2D eigenvalue weighted by molar-refractivity contribution is 5.75. The number of likely N-dealkylation sites (N-methyl/N-ethyl adjacent to an activating group) is 1. The van der Waals surface area contributed by atoms with Crippen LogP contribution in [0.4, 0.5) is 0 Å². The molecule has 2 atom stereocenters. The molecule has 0 spiro atoms. The summed E-state index contributed by atoms with van der Waals surface area (Å²) in [5.74, 6) is 0.182. The maximum Gasteiger partial charge on any atom is 0.323 e. The summed E-state index contributed by atoms with van der Waals surface area (Å²) in [7, 11) is 0. The summed E-state index contributed by atoms with van der Waals surface area (Å²) in [6.07, 6.45) is 0.761. The zero-order valence-corrected chi connectivity index (χ0v) is 11.5. The lowest BCUT2D eigenvalue weighted by Crippen LogP contribution is -2.39. The smallest absolute Gasteiger partial charge is 0.323 e. The zero-order chi connectivity index (χ0) is 13.4. The number of rotatable bonds is 7. The van der Waals surface area contributed by atoms with Gasteiger partial charge >= 0.3 is 5.97 Å². The van der Waals surface area contributed by atoms with Gasteiger partial charge in [0.2, 0.25) is 0 Å². The second-order valence-electron chi connectivity index (χ2n) is 4.41. The van der Waals surface area contributed by atoms with Crippen molar-refractivity contribution < 1.29 is 9.53 Å². The minimum atomic E-state index is -0.217. The quantitative estimate of drug-likeness (QED) is 0.755. The number of esters is 1. The Morgan fingerprint density at radius 2 is 1.94 bits per heavy atom. The first-order chi connectivity index (χ1) is 8.69. The van der Waals surface area contributed by atoms with Crippen molar-refractivity contribution in [2.45, 2.75) is 39.2 Å². The normalized spacial score (nSPS) is 13.9. The molecule has 1 aromatic rings. The summed E-state index contributed by atoms with van der Waals surface area (Å²) < 4.78 is 5.09. The lowest BCUT2D eigenvalue weighted by atomic mass is 9.94. The molecule has 0 aliphatic carbocycles. The van der Waals surface area contributed by atoms with Gasteiger partial charge in [-0.05, 0) is 31.4 Å². The third kappa shape index (κ3) is 4.49. The van der Waals surface area contributed by atoms with Crippen molar-refractivity contribution in [2.24, 2.45) is 0 Å². The van der Waals surface area contributed by atoms with Gasteiger partial charge in [0.05, 0.1) is 6.61 Å². The van der Waals surface area contributed by atoms with Crippen LogP contribution in [0.3, 0.4) is 0 Å². The van der Waals surface area contributed by atoms with Gasteiger partial charge in [-0.2, -0.15) is 0 Å². The van der Waals surface area contributed by atoms with Crippen LogP contribution in [0.2, 0.25) is 0 Å². The molecule has 0 radical (unpaired) electrons. The van der Waals surface area contributed by atoms with E-state index in [2.05, 4.69) is 24.4 Å². The van der Waals surface area contributed by atoms with Crippen LogP contribution in [0.5, 0.6) is 0 Å². The van der Waals surface area contributed by atoms with Crippen molar-refractivity contribution >= 4 is 5.97 Å². The van der Waals surface area contributed by atoms with E-state index < -0.39 is 0 Å². The maximum atomic E-state index is 11.8. The summed E-state index contributed by atoms with van der Waals surface area (Å²) in [4.78, 5) is 11.8. The lowest BCUT2D eigenvalue weighted by molar-refractivity contribution is -0.145. The molecule has 2 unspecified atom stereocenters. The topological polar surface area (TPSA) is 38.3 Å². The second kappa shape index (κ2) is 7.88. The number of hydrogen-bond donors (Lipinski definition) is 1. The van der Waals surface area contributed by atoms with Gasteiger partial charge in [0, 0.05) is 0 Å². The fourth-order valence-electron chi connectivity index (χ4n) is 2.02. The molecule has 0 aromatic heterocycles. The van der Waals surface area contributed by atoms with Crippen molar-refractivity contribution in [1.82, 2.24) is 5.32 Å². The number of benzene rings is 1. The number of hydrogen-bond acceptors (Lipinski definition) is 3. The molecular formula is C15H23NO2. The average molecular weight is 249 g/mol. The van der Waals surface area contributed by atoms with E-state index in [9.17, 15) is 4.79 Å². The molecule has 0 bridgehead atoms. The first-order valence-corrected chi connectivity index (χ1v) is 6.64. The van der Waals surface area contributed by atoms with E-state index in [4.69, 9.17) is 4.74 Å². The van der Waals surface area contributed by atoms with E-state index in [1.165, 1.54) is 5.56 Å². The van der Waals surface area contributed by atoms with E-state index in [1.807, 2.05) is 32.0 Å². The fraction of sp³-hybridized carbons (Fsp3) is 0.533. The summed E-state index contributed by atoms with van der Waals surface area (Å²) in [6, 6.07) is 10.0. The van der Waals surface area contributed by atoms with Gasteiger partial charge < -0.3 is 10.1 Å². The molecule has 3 heteroatoms. The number of carbonyl (C=O) groups is 1. The van der Waals surface area contributed by atoms with Crippen molar-refractivity contribution in [3.8, 4) is 0 Å². The van der Waals surface area contributed by atoms with E-state index >= 15 is 0 Å². The monoisotopic (exact) mass is 249 g/mol. The summed E-state index contributed by atoms with van der Waals surface area (Å²) in [6.45, 7) is 7.17. The molecule has 0 aliphatic rings. The van der Waals surface area contributed by atoms with Gasteiger partial charge in [-0.3, -0.25) is 4.79 Å². The summed E-state index contributed by atoms with van der Waals surface area (Å²) in [5.41, 5.74) is 1.25. The Bertz CT molecular complexity index is 351. The first kappa shape index (κ1) is 14.7. The summed E-state index contributed by atoms with van der Waals surface area (Å²) >= 11 is 0. The largest absolute Gasteiger partial charge is 0.465 e. The van der Waals surface area contributed by atoms with Crippen LogP contribution < -0.4 is 5.32 Å². The molecule has 3 nitrogen and oxygen atoms in total. The molecule has 1 aromatic carbocycles. The number of ether oxygens (including phenoxy) is 1. The third-order valence-corrected chi connectivity index (χ3v) is 2.98. The molecule has 0 heterocycles. The van der Waals surface area contributed by atoms with Crippen LogP contribution in [0.15, 0.2) is 30.3 Å². The van der Waals surface area contributed by atoms with Gasteiger partial charge in [-0.25, -0.2) is 0 Å². The highest BCUT2D eigenvalue weighted by Gasteiger charge is 2.21. The highest BCUT2D eigenvalue weighted by atomic mass is 16.5. The lowest BCUT2D eigenvalue weighted by Gasteiger charge is -2.20. The Balaban J connectivity index is 2.63. The molecule has 0 aliphatic heterocycles. The van der Waals surface area contributed by atoms with Crippen molar-refractivity contribution in [3.63, 3.8) is 0 Å². The van der Waals surface area contributed by atoms with Crippen LogP contribution in [0.25, 0.3) is 0 Å². The fourth-order valence-corrected chi connectivity index (χ4v) is 2.02. The Morgan fingerprint density at radius 3 is 2.50 bits per heavy atom. The molecule has 0 saturated carbocycles. The van der Waals surface area contributed by atoms with Crippen LogP contribution in [-0.2, 0) is 9.53 Å². The highest BCUT2D eigenvalue weighted by Crippen LogP contribution is 2.20. The van der Waals surface area contributed by atoms with E-state index in [-0.39, 0.29) is 12.0 Å². The van der Waals surface area contributed by atoms with Crippen LogP contribution in [0, 0.1) is 0 Å². The van der Waals surface area contributed by atoms with E-state index in [0.29, 0.717) is 12.5 Å². The Kier molecular flexibility index (Phi) is 6.44. The van der Waals surface area contributed by atoms with Gasteiger partial charge in [0.15, 0.2) is 0 Å². The van der Waals surface area contributed by atoms with Crippen molar-refractivity contribution in [1.29, 1.82) is 0 Å². The number of nitrogens with one attached hydrogen (secondary N) is 1. The molecule has 18 heavy (non-hydrogen) atoms. The average Bonchev–Trinajstić information content (AvgIpc) is 2.39. The second-order valence-corrected chi connectivity index (χ2v) is 4.41. The molecule has 1 N–H and O–H groups in total. The SMILES string of the molecule is CCNC(CC(C)c1ccccc1)C(=O)OCC. The zero-order valence-electron chi connectivity index (χ0n) is 11.5. The van der Waals surface area contributed by atoms with Gasteiger partial charge in [-0.1, -0.05) is 44.2 Å². The molecular weight excluding hydrogens is 226 g/mol. The first-order valence-electron chi connectivity index (χ1n) is 6.64. The molecule has 100 valence electrons. The van der Waals surface area contributed by atoms with Crippen molar-refractivity contribution in [3.05, 3.63) is 35.9 Å². The Hall–Kier alpha value is -1.35. The molecule has 0 fully saturated rings. The van der Waals surface area contributed by atoms with Crippen LogP contribution in [-0.4, -0.2) is 25.2 Å². The van der Waals surface area contributed by atoms with Crippen LogP contribution >= 0.6 is 0 Å². The predicted octanol–water partition coefficient (Wildman–Crippen LogP) is 2.72. The predicted molar refractivity (Wildman–Crippen MR) is 73.6 cm³/mol. The third-order valence-electron chi connectivity index (χ3n) is 2.98. The van der Waals surface area contributed by atoms with E-state index in [0.717, 1.165) is 13.0 Å². The van der Waals surface area contributed by atoms with Gasteiger partial charge in [0.1, 0.15) is 6.04 Å². The number of carbonyl (C=O) groups excluding carboxylic acids is 1.